The summed E-state index contributed by atoms with van der Waals surface area (Å²) in [6.45, 7) is 3.68. The van der Waals surface area contributed by atoms with Gasteiger partial charge in [-0.3, -0.25) is 0 Å². The van der Waals surface area contributed by atoms with Crippen LogP contribution in [0.15, 0.2) is 36.5 Å². The molecule has 1 nitrogen and oxygen atoms in total. The average molecular weight is 215 g/mol. The molecule has 0 spiro atoms. The predicted octanol–water partition coefficient (Wildman–Crippen LogP) is 3.04. The molecule has 2 rings (SSSR count). The first-order valence-corrected chi connectivity index (χ1v) is 5.18. The highest BCUT2D eigenvalue weighted by Crippen LogP contribution is 2.23. The number of halogens is 1. The van der Waals surface area contributed by atoms with Crippen molar-refractivity contribution in [1.82, 2.24) is 0 Å². The van der Waals surface area contributed by atoms with Crippen LogP contribution in [-0.2, 0) is 0 Å². The maximum atomic E-state index is 13.4. The van der Waals surface area contributed by atoms with Gasteiger partial charge in [0.25, 0.3) is 0 Å². The Morgan fingerprint density at radius 2 is 1.88 bits per heavy atom. The number of aromatic nitrogens is 1. The van der Waals surface area contributed by atoms with Crippen molar-refractivity contribution in [3.63, 3.8) is 0 Å². The largest absolute Gasteiger partial charge is 0.333 e. The molecule has 0 unspecified atom stereocenters. The summed E-state index contributed by atoms with van der Waals surface area (Å²) in [4.78, 5) is 0. The Kier molecular flexibility index (Phi) is 2.65. The van der Waals surface area contributed by atoms with Gasteiger partial charge in [-0.05, 0) is 42.7 Å². The maximum Gasteiger partial charge on any atom is 0.126 e. The van der Waals surface area contributed by atoms with E-state index in [0.717, 1.165) is 16.8 Å². The summed E-state index contributed by atoms with van der Waals surface area (Å²) in [5, 5.41) is 0. The van der Waals surface area contributed by atoms with Gasteiger partial charge in [0.15, 0.2) is 0 Å². The van der Waals surface area contributed by atoms with Gasteiger partial charge in [0.2, 0.25) is 0 Å². The van der Waals surface area contributed by atoms with E-state index in [0.29, 0.717) is 5.56 Å². The average Bonchev–Trinajstić information content (AvgIpc) is 2.25. The highest BCUT2D eigenvalue weighted by molar-refractivity contribution is 5.62. The first-order chi connectivity index (χ1) is 7.59. The molecule has 0 bridgehead atoms. The van der Waals surface area contributed by atoms with Crippen LogP contribution in [0.4, 0.5) is 4.39 Å². The number of hydrogen-bond acceptors (Lipinski definition) is 0. The van der Waals surface area contributed by atoms with Crippen molar-refractivity contribution >= 4 is 0 Å². The lowest BCUT2D eigenvalue weighted by atomic mass is 10.0. The fourth-order valence-electron chi connectivity index (χ4n) is 1.78. The highest BCUT2D eigenvalue weighted by Gasteiger charge is 2.08. The van der Waals surface area contributed by atoms with Crippen molar-refractivity contribution in [2.45, 2.75) is 13.8 Å². The predicted molar refractivity (Wildman–Crippen MR) is 62.3 cm³/mol. The molecule has 1 heterocycles. The normalized spacial score (nSPS) is 10.4. The van der Waals surface area contributed by atoms with Gasteiger partial charge in [0, 0.05) is 7.05 Å². The quantitative estimate of drug-likeness (QED) is 0.508. The van der Waals surface area contributed by atoms with Gasteiger partial charge in [-0.25, -0.2) is 4.39 Å². The standard InChI is InChI=1S/C14H14FN/c1-10-9-13(15)11(2)8-12(10)14-6-4-5-7-16(14)3/h4-9H,3H2,1-2H3. The molecule has 82 valence electrons. The van der Waals surface area contributed by atoms with Crippen LogP contribution in [0.1, 0.15) is 11.1 Å². The van der Waals surface area contributed by atoms with E-state index >= 15 is 0 Å². The van der Waals surface area contributed by atoms with Crippen LogP contribution < -0.4 is 4.57 Å². The summed E-state index contributed by atoms with van der Waals surface area (Å²) in [6, 6.07) is 9.28. The molecule has 0 aliphatic carbocycles. The topological polar surface area (TPSA) is 3.88 Å². The summed E-state index contributed by atoms with van der Waals surface area (Å²) in [6.07, 6.45) is 1.88. The third-order valence-electron chi connectivity index (χ3n) is 2.72. The van der Waals surface area contributed by atoms with Gasteiger partial charge in [0.1, 0.15) is 11.5 Å². The molecule has 0 amide bonds. The van der Waals surface area contributed by atoms with E-state index < -0.39 is 0 Å². The smallest absolute Gasteiger partial charge is 0.126 e. The van der Waals surface area contributed by atoms with E-state index in [2.05, 4.69) is 7.05 Å². The second kappa shape index (κ2) is 3.97. The third-order valence-corrected chi connectivity index (χ3v) is 2.72. The molecule has 0 radical (unpaired) electrons. The first kappa shape index (κ1) is 10.7. The van der Waals surface area contributed by atoms with Crippen molar-refractivity contribution in [2.75, 3.05) is 0 Å². The minimum Gasteiger partial charge on any atom is -0.333 e. The second-order valence-electron chi connectivity index (χ2n) is 3.97. The number of hydrogen-bond donors (Lipinski definition) is 0. The second-order valence-corrected chi connectivity index (χ2v) is 3.97. The summed E-state index contributed by atoms with van der Waals surface area (Å²) in [7, 11) is 3.91. The Morgan fingerprint density at radius 1 is 1.12 bits per heavy atom. The molecule has 1 aromatic carbocycles. The zero-order valence-corrected chi connectivity index (χ0v) is 9.50. The van der Waals surface area contributed by atoms with Crippen LogP contribution in [0.5, 0.6) is 0 Å². The van der Waals surface area contributed by atoms with Gasteiger partial charge < -0.3 is 4.57 Å². The highest BCUT2D eigenvalue weighted by atomic mass is 19.1. The zero-order valence-electron chi connectivity index (χ0n) is 9.50. The van der Waals surface area contributed by atoms with Gasteiger partial charge >= 0.3 is 0 Å². The minimum absolute atomic E-state index is 0.159. The fourth-order valence-corrected chi connectivity index (χ4v) is 1.78. The van der Waals surface area contributed by atoms with Crippen molar-refractivity contribution in [3.8, 4) is 11.3 Å². The molecule has 16 heavy (non-hydrogen) atoms. The maximum absolute atomic E-state index is 13.4. The van der Waals surface area contributed by atoms with Crippen LogP contribution >= 0.6 is 0 Å². The molecule has 0 N–H and O–H groups in total. The van der Waals surface area contributed by atoms with Crippen LogP contribution in [0.2, 0.25) is 0 Å². The molecule has 0 atom stereocenters. The molecular formula is C14H14FN. The Hall–Kier alpha value is -1.83. The lowest BCUT2D eigenvalue weighted by Crippen LogP contribution is -2.27. The van der Waals surface area contributed by atoms with Crippen LogP contribution in [0, 0.1) is 26.7 Å². The van der Waals surface area contributed by atoms with E-state index in [1.807, 2.05) is 37.4 Å². The molecule has 2 aromatic rings. The monoisotopic (exact) mass is 215 g/mol. The van der Waals surface area contributed by atoms with Crippen molar-refractivity contribution in [3.05, 3.63) is 60.5 Å². The van der Waals surface area contributed by atoms with Crippen LogP contribution in [0.25, 0.3) is 11.3 Å². The molecule has 0 aliphatic rings. The van der Waals surface area contributed by atoms with Crippen molar-refractivity contribution < 1.29 is 8.96 Å². The molecule has 2 heteroatoms. The van der Waals surface area contributed by atoms with E-state index in [-0.39, 0.29) is 5.82 Å². The Bertz CT molecular complexity index is 532. The SMILES string of the molecule is [CH2-][n+]1ccccc1-c1cc(C)c(F)cc1C. The fraction of sp³-hybridized carbons (Fsp3) is 0.143. The lowest BCUT2D eigenvalue weighted by molar-refractivity contribution is -0.600. The molecule has 1 aromatic heterocycles. The molecule has 0 fully saturated rings. The van der Waals surface area contributed by atoms with E-state index in [1.165, 1.54) is 0 Å². The van der Waals surface area contributed by atoms with E-state index in [1.54, 1.807) is 17.6 Å². The summed E-state index contributed by atoms with van der Waals surface area (Å²) >= 11 is 0. The van der Waals surface area contributed by atoms with Crippen molar-refractivity contribution in [1.29, 1.82) is 0 Å². The van der Waals surface area contributed by atoms with Gasteiger partial charge in [0.05, 0.1) is 6.20 Å². The number of benzene rings is 1. The Labute approximate surface area is 95.2 Å². The van der Waals surface area contributed by atoms with Crippen LogP contribution in [0.3, 0.4) is 0 Å². The van der Waals surface area contributed by atoms with E-state index in [9.17, 15) is 4.39 Å². The third kappa shape index (κ3) is 1.78. The molecular weight excluding hydrogens is 201 g/mol. The summed E-state index contributed by atoms with van der Waals surface area (Å²) in [5.41, 5.74) is 3.59. The lowest BCUT2D eigenvalue weighted by Gasteiger charge is -2.11. The number of nitrogens with zero attached hydrogens (tertiary/aromatic N) is 1. The Balaban J connectivity index is 2.65. The summed E-state index contributed by atoms with van der Waals surface area (Å²) < 4.78 is 15.1. The Morgan fingerprint density at radius 3 is 2.56 bits per heavy atom. The number of pyridine rings is 1. The first-order valence-electron chi connectivity index (χ1n) is 5.18. The van der Waals surface area contributed by atoms with Gasteiger partial charge in [-0.2, -0.15) is 0 Å². The molecule has 0 aliphatic heterocycles. The number of aryl methyl sites for hydroxylation is 2. The zero-order chi connectivity index (χ0) is 11.7. The summed E-state index contributed by atoms with van der Waals surface area (Å²) in [5.74, 6) is -0.159. The van der Waals surface area contributed by atoms with Gasteiger partial charge in [-0.15, -0.1) is 0 Å². The minimum atomic E-state index is -0.159. The van der Waals surface area contributed by atoms with Gasteiger partial charge in [-0.1, -0.05) is 18.2 Å². The number of rotatable bonds is 1. The molecule has 0 saturated carbocycles. The van der Waals surface area contributed by atoms with E-state index in [4.69, 9.17) is 0 Å². The van der Waals surface area contributed by atoms with Crippen LogP contribution in [-0.4, -0.2) is 0 Å². The molecule has 0 saturated heterocycles. The van der Waals surface area contributed by atoms with Crippen molar-refractivity contribution in [2.24, 2.45) is 0 Å².